The number of halogens is 2. The molecule has 2 aromatic carbocycles. The van der Waals surface area contributed by atoms with E-state index in [0.29, 0.717) is 16.6 Å². The van der Waals surface area contributed by atoms with Gasteiger partial charge in [0.2, 0.25) is 5.91 Å². The van der Waals surface area contributed by atoms with Gasteiger partial charge in [-0.25, -0.2) is 0 Å². The number of carbonyl (C=O) groups is 1. The lowest BCUT2D eigenvalue weighted by Crippen LogP contribution is -2.20. The molecule has 2 nitrogen and oxygen atoms in total. The van der Waals surface area contributed by atoms with Crippen molar-refractivity contribution in [2.45, 2.75) is 13.5 Å². The minimum Gasteiger partial charge on any atom is -0.348 e. The summed E-state index contributed by atoms with van der Waals surface area (Å²) < 4.78 is 0. The molecular formula is C17H15Cl2NO. The van der Waals surface area contributed by atoms with Gasteiger partial charge >= 0.3 is 0 Å². The van der Waals surface area contributed by atoms with E-state index in [2.05, 4.69) is 5.32 Å². The van der Waals surface area contributed by atoms with E-state index >= 15 is 0 Å². The normalized spacial score (nSPS) is 10.8. The Morgan fingerprint density at radius 3 is 2.67 bits per heavy atom. The second-order valence-corrected chi connectivity index (χ2v) is 5.49. The smallest absolute Gasteiger partial charge is 0.244 e. The van der Waals surface area contributed by atoms with Gasteiger partial charge < -0.3 is 5.32 Å². The lowest BCUT2D eigenvalue weighted by molar-refractivity contribution is -0.116. The highest BCUT2D eigenvalue weighted by Gasteiger charge is 2.01. The van der Waals surface area contributed by atoms with Gasteiger partial charge in [0.1, 0.15) is 0 Å². The molecule has 2 aromatic rings. The van der Waals surface area contributed by atoms with Crippen LogP contribution in [0.25, 0.3) is 6.08 Å². The van der Waals surface area contributed by atoms with Gasteiger partial charge in [-0.3, -0.25) is 4.79 Å². The molecule has 108 valence electrons. The van der Waals surface area contributed by atoms with Crippen LogP contribution in [0.2, 0.25) is 10.0 Å². The van der Waals surface area contributed by atoms with Gasteiger partial charge in [-0.1, -0.05) is 53.5 Å². The zero-order valence-electron chi connectivity index (χ0n) is 11.6. The van der Waals surface area contributed by atoms with Crippen LogP contribution in [-0.4, -0.2) is 5.91 Å². The highest BCUT2D eigenvalue weighted by molar-refractivity contribution is 6.35. The van der Waals surface area contributed by atoms with E-state index in [0.717, 1.165) is 16.7 Å². The first kappa shape index (κ1) is 15.6. The first-order valence-corrected chi connectivity index (χ1v) is 7.27. The van der Waals surface area contributed by atoms with Gasteiger partial charge in [-0.2, -0.15) is 0 Å². The molecule has 0 aromatic heterocycles. The number of carbonyl (C=O) groups excluding carboxylic acids is 1. The Hall–Kier alpha value is -1.77. The predicted molar refractivity (Wildman–Crippen MR) is 88.5 cm³/mol. The van der Waals surface area contributed by atoms with Crippen LogP contribution in [0.5, 0.6) is 0 Å². The molecule has 0 atom stereocenters. The Morgan fingerprint density at radius 2 is 1.95 bits per heavy atom. The summed E-state index contributed by atoms with van der Waals surface area (Å²) in [5.41, 5.74) is 3.01. The Kier molecular flexibility index (Phi) is 5.43. The summed E-state index contributed by atoms with van der Waals surface area (Å²) in [6.45, 7) is 2.52. The van der Waals surface area contributed by atoms with E-state index in [1.54, 1.807) is 24.3 Å². The predicted octanol–water partition coefficient (Wildman–Crippen LogP) is 4.63. The zero-order valence-corrected chi connectivity index (χ0v) is 13.1. The van der Waals surface area contributed by atoms with Crippen LogP contribution in [0.4, 0.5) is 0 Å². The molecule has 0 saturated carbocycles. The van der Waals surface area contributed by atoms with Crippen molar-refractivity contribution in [1.82, 2.24) is 5.32 Å². The molecule has 4 heteroatoms. The Morgan fingerprint density at radius 1 is 1.19 bits per heavy atom. The highest BCUT2D eigenvalue weighted by Crippen LogP contribution is 2.21. The molecule has 0 aliphatic heterocycles. The van der Waals surface area contributed by atoms with Crippen LogP contribution in [-0.2, 0) is 11.3 Å². The summed E-state index contributed by atoms with van der Waals surface area (Å²) in [6.07, 6.45) is 3.14. The van der Waals surface area contributed by atoms with Crippen molar-refractivity contribution in [2.75, 3.05) is 0 Å². The SMILES string of the molecule is Cc1ccccc1CNC(=O)/C=C/c1ccc(Cl)cc1Cl. The maximum absolute atomic E-state index is 11.8. The average molecular weight is 320 g/mol. The number of amides is 1. The van der Waals surface area contributed by atoms with E-state index in [4.69, 9.17) is 23.2 Å². The summed E-state index contributed by atoms with van der Waals surface area (Å²) >= 11 is 11.9. The van der Waals surface area contributed by atoms with Gasteiger partial charge in [0.15, 0.2) is 0 Å². The van der Waals surface area contributed by atoms with Crippen molar-refractivity contribution >= 4 is 35.2 Å². The minimum absolute atomic E-state index is 0.163. The van der Waals surface area contributed by atoms with Crippen molar-refractivity contribution in [3.05, 3.63) is 75.3 Å². The van der Waals surface area contributed by atoms with Gasteiger partial charge in [0, 0.05) is 22.7 Å². The first-order chi connectivity index (χ1) is 10.1. The standard InChI is InChI=1S/C17H15Cl2NO/c1-12-4-2-3-5-14(12)11-20-17(21)9-7-13-6-8-15(18)10-16(13)19/h2-10H,11H2,1H3,(H,20,21)/b9-7+. The molecule has 0 bridgehead atoms. The highest BCUT2D eigenvalue weighted by atomic mass is 35.5. The Balaban J connectivity index is 1.95. The number of rotatable bonds is 4. The maximum atomic E-state index is 11.8. The third-order valence-corrected chi connectivity index (χ3v) is 3.65. The molecule has 0 radical (unpaired) electrons. The molecule has 0 aliphatic rings. The maximum Gasteiger partial charge on any atom is 0.244 e. The van der Waals surface area contributed by atoms with E-state index in [1.165, 1.54) is 6.08 Å². The number of aryl methyl sites for hydroxylation is 1. The molecule has 21 heavy (non-hydrogen) atoms. The topological polar surface area (TPSA) is 29.1 Å². The molecule has 0 fully saturated rings. The van der Waals surface area contributed by atoms with E-state index in [1.807, 2.05) is 31.2 Å². The minimum atomic E-state index is -0.163. The average Bonchev–Trinajstić information content (AvgIpc) is 2.45. The molecule has 1 N–H and O–H groups in total. The molecule has 0 saturated heterocycles. The van der Waals surface area contributed by atoms with E-state index in [9.17, 15) is 4.79 Å². The second kappa shape index (κ2) is 7.30. The molecule has 0 heterocycles. The van der Waals surface area contributed by atoms with Crippen molar-refractivity contribution < 1.29 is 4.79 Å². The quantitative estimate of drug-likeness (QED) is 0.818. The summed E-state index contributed by atoms with van der Waals surface area (Å²) in [5.74, 6) is -0.163. The van der Waals surface area contributed by atoms with Crippen LogP contribution in [0.3, 0.4) is 0 Å². The third kappa shape index (κ3) is 4.62. The monoisotopic (exact) mass is 319 g/mol. The zero-order chi connectivity index (χ0) is 15.2. The number of hydrogen-bond donors (Lipinski definition) is 1. The lowest BCUT2D eigenvalue weighted by Gasteiger charge is -2.05. The van der Waals surface area contributed by atoms with Gasteiger partial charge in [0.25, 0.3) is 0 Å². The fraction of sp³-hybridized carbons (Fsp3) is 0.118. The van der Waals surface area contributed by atoms with Crippen LogP contribution in [0.15, 0.2) is 48.5 Å². The summed E-state index contributed by atoms with van der Waals surface area (Å²) in [5, 5.41) is 3.94. The van der Waals surface area contributed by atoms with Gasteiger partial charge in [0.05, 0.1) is 0 Å². The van der Waals surface area contributed by atoms with E-state index in [-0.39, 0.29) is 5.91 Å². The van der Waals surface area contributed by atoms with Crippen LogP contribution in [0.1, 0.15) is 16.7 Å². The summed E-state index contributed by atoms with van der Waals surface area (Å²) in [7, 11) is 0. The fourth-order valence-electron chi connectivity index (χ4n) is 1.85. The summed E-state index contributed by atoms with van der Waals surface area (Å²) in [6, 6.07) is 13.1. The second-order valence-electron chi connectivity index (χ2n) is 4.64. The molecule has 1 amide bonds. The van der Waals surface area contributed by atoms with Crippen molar-refractivity contribution in [1.29, 1.82) is 0 Å². The molecular weight excluding hydrogens is 305 g/mol. The summed E-state index contributed by atoms with van der Waals surface area (Å²) in [4.78, 5) is 11.8. The van der Waals surface area contributed by atoms with Crippen LogP contribution in [0, 0.1) is 6.92 Å². The number of hydrogen-bond acceptors (Lipinski definition) is 1. The largest absolute Gasteiger partial charge is 0.348 e. The van der Waals surface area contributed by atoms with Gasteiger partial charge in [-0.15, -0.1) is 0 Å². The Labute approximate surface area is 134 Å². The van der Waals surface area contributed by atoms with E-state index < -0.39 is 0 Å². The number of benzene rings is 2. The van der Waals surface area contributed by atoms with Crippen LogP contribution >= 0.6 is 23.2 Å². The van der Waals surface area contributed by atoms with Crippen molar-refractivity contribution in [3.8, 4) is 0 Å². The first-order valence-electron chi connectivity index (χ1n) is 6.52. The molecule has 2 rings (SSSR count). The fourth-order valence-corrected chi connectivity index (χ4v) is 2.32. The molecule has 0 spiro atoms. The van der Waals surface area contributed by atoms with Gasteiger partial charge in [-0.05, 0) is 41.8 Å². The lowest BCUT2D eigenvalue weighted by atomic mass is 10.1. The number of nitrogens with one attached hydrogen (secondary N) is 1. The molecule has 0 unspecified atom stereocenters. The van der Waals surface area contributed by atoms with Crippen molar-refractivity contribution in [3.63, 3.8) is 0 Å². The Bertz CT molecular complexity index is 680. The van der Waals surface area contributed by atoms with Crippen LogP contribution < -0.4 is 5.32 Å². The molecule has 0 aliphatic carbocycles. The van der Waals surface area contributed by atoms with Crippen molar-refractivity contribution in [2.24, 2.45) is 0 Å². The third-order valence-electron chi connectivity index (χ3n) is 3.09.